The molecule has 0 spiro atoms. The average molecular weight is 237 g/mol. The lowest BCUT2D eigenvalue weighted by molar-refractivity contribution is -0.150. The zero-order chi connectivity index (χ0) is 12.5. The maximum absolute atomic E-state index is 11.7. The normalized spacial score (nSPS) is 12.1. The summed E-state index contributed by atoms with van der Waals surface area (Å²) in [6.07, 6.45) is 0.555. The summed E-state index contributed by atoms with van der Waals surface area (Å²) in [7, 11) is 0. The fraction of sp³-hybridized carbons (Fsp3) is 0.462. The topological polar surface area (TPSA) is 47.6 Å². The molecule has 0 saturated heterocycles. The number of rotatable bonds is 7. The van der Waals surface area contributed by atoms with E-state index in [4.69, 9.17) is 9.57 Å². The van der Waals surface area contributed by atoms with Crippen LogP contribution in [0.3, 0.4) is 0 Å². The Bertz CT molecular complexity index is 327. The summed E-state index contributed by atoms with van der Waals surface area (Å²) < 4.78 is 4.99. The Hall–Kier alpha value is -1.39. The van der Waals surface area contributed by atoms with Crippen molar-refractivity contribution in [2.75, 3.05) is 13.2 Å². The minimum absolute atomic E-state index is 0.287. The summed E-state index contributed by atoms with van der Waals surface area (Å²) in [5.41, 5.74) is 3.80. The molecule has 1 N–H and O–H groups in total. The summed E-state index contributed by atoms with van der Waals surface area (Å²) in [6.45, 7) is 4.53. The third-order valence-electron chi connectivity index (χ3n) is 2.22. The third-order valence-corrected chi connectivity index (χ3v) is 2.22. The van der Waals surface area contributed by atoms with Crippen molar-refractivity contribution >= 4 is 5.97 Å². The van der Waals surface area contributed by atoms with Gasteiger partial charge in [-0.15, -0.1) is 0 Å². The maximum Gasteiger partial charge on any atom is 0.325 e. The van der Waals surface area contributed by atoms with Crippen LogP contribution in [0.15, 0.2) is 30.3 Å². The Kier molecular flexibility index (Phi) is 6.29. The predicted molar refractivity (Wildman–Crippen MR) is 65.3 cm³/mol. The Morgan fingerprint density at radius 3 is 2.53 bits per heavy atom. The summed E-state index contributed by atoms with van der Waals surface area (Å²) >= 11 is 0. The number of benzene rings is 1. The first-order chi connectivity index (χ1) is 8.27. The van der Waals surface area contributed by atoms with Gasteiger partial charge in [-0.25, -0.2) is 0 Å². The monoisotopic (exact) mass is 237 g/mol. The molecule has 1 atom stereocenters. The van der Waals surface area contributed by atoms with Crippen LogP contribution in [0.1, 0.15) is 19.4 Å². The van der Waals surface area contributed by atoms with E-state index in [1.807, 2.05) is 37.3 Å². The first-order valence-electron chi connectivity index (χ1n) is 5.85. The molecular formula is C13H19NO3. The van der Waals surface area contributed by atoms with E-state index in [9.17, 15) is 4.79 Å². The van der Waals surface area contributed by atoms with Crippen molar-refractivity contribution in [3.63, 3.8) is 0 Å². The van der Waals surface area contributed by atoms with E-state index in [1.54, 1.807) is 6.92 Å². The minimum Gasteiger partial charge on any atom is -0.465 e. The van der Waals surface area contributed by atoms with Gasteiger partial charge in [0.15, 0.2) is 0 Å². The number of carbonyl (C=O) groups excluding carboxylic acids is 1. The van der Waals surface area contributed by atoms with Crippen LogP contribution in [0.5, 0.6) is 0 Å². The van der Waals surface area contributed by atoms with Crippen LogP contribution in [0.25, 0.3) is 0 Å². The second-order valence-corrected chi connectivity index (χ2v) is 3.55. The van der Waals surface area contributed by atoms with Crippen LogP contribution in [-0.4, -0.2) is 25.2 Å². The van der Waals surface area contributed by atoms with Crippen molar-refractivity contribution in [1.29, 1.82) is 0 Å². The molecule has 0 heterocycles. The summed E-state index contributed by atoms with van der Waals surface area (Å²) in [4.78, 5) is 16.8. The van der Waals surface area contributed by atoms with Gasteiger partial charge in [0, 0.05) is 6.42 Å². The van der Waals surface area contributed by atoms with E-state index in [1.165, 1.54) is 0 Å². The van der Waals surface area contributed by atoms with Crippen LogP contribution in [-0.2, 0) is 20.8 Å². The number of carbonyl (C=O) groups is 1. The lowest BCUT2D eigenvalue weighted by Gasteiger charge is -2.16. The Balaban J connectivity index is 2.59. The minimum atomic E-state index is -0.461. The second kappa shape index (κ2) is 7.81. The molecule has 94 valence electrons. The highest BCUT2D eigenvalue weighted by atomic mass is 16.6. The number of hydrogen-bond donors (Lipinski definition) is 1. The molecule has 0 saturated carbocycles. The number of nitrogens with one attached hydrogen (secondary N) is 1. The number of ether oxygens (including phenoxy) is 1. The Morgan fingerprint density at radius 1 is 1.24 bits per heavy atom. The standard InChI is InChI=1S/C13H19NO3/c1-3-16-13(15)12(14-17-4-2)10-11-8-6-5-7-9-11/h5-9,12,14H,3-4,10H2,1-2H3/t12-/m0/s1. The number of esters is 1. The van der Waals surface area contributed by atoms with Gasteiger partial charge in [0.25, 0.3) is 0 Å². The van der Waals surface area contributed by atoms with E-state index in [2.05, 4.69) is 5.48 Å². The van der Waals surface area contributed by atoms with Gasteiger partial charge < -0.3 is 9.57 Å². The summed E-state index contributed by atoms with van der Waals surface area (Å²) in [6, 6.07) is 9.31. The van der Waals surface area contributed by atoms with E-state index in [0.29, 0.717) is 19.6 Å². The second-order valence-electron chi connectivity index (χ2n) is 3.55. The van der Waals surface area contributed by atoms with Gasteiger partial charge in [-0.05, 0) is 19.4 Å². The molecule has 0 aliphatic heterocycles. The van der Waals surface area contributed by atoms with Crippen molar-refractivity contribution in [1.82, 2.24) is 5.48 Å². The van der Waals surface area contributed by atoms with Gasteiger partial charge in [-0.1, -0.05) is 30.3 Å². The molecule has 17 heavy (non-hydrogen) atoms. The molecule has 0 fully saturated rings. The van der Waals surface area contributed by atoms with Crippen LogP contribution >= 0.6 is 0 Å². The first kappa shape index (κ1) is 13.7. The largest absolute Gasteiger partial charge is 0.465 e. The number of hydroxylamine groups is 1. The molecule has 0 unspecified atom stereocenters. The highest BCUT2D eigenvalue weighted by Gasteiger charge is 2.19. The Labute approximate surface area is 102 Å². The molecule has 0 bridgehead atoms. The van der Waals surface area contributed by atoms with Gasteiger partial charge in [0.2, 0.25) is 0 Å². The SMILES string of the molecule is CCON[C@@H](Cc1ccccc1)C(=O)OCC. The van der Waals surface area contributed by atoms with E-state index in [0.717, 1.165) is 5.56 Å². The van der Waals surface area contributed by atoms with Gasteiger partial charge in [-0.2, -0.15) is 5.48 Å². The molecule has 1 aromatic rings. The van der Waals surface area contributed by atoms with Crippen molar-refractivity contribution in [2.24, 2.45) is 0 Å². The van der Waals surface area contributed by atoms with Gasteiger partial charge in [0.1, 0.15) is 6.04 Å². The molecule has 0 radical (unpaired) electrons. The van der Waals surface area contributed by atoms with Gasteiger partial charge in [0.05, 0.1) is 13.2 Å². The maximum atomic E-state index is 11.7. The Morgan fingerprint density at radius 2 is 1.94 bits per heavy atom. The molecule has 1 aromatic carbocycles. The lowest BCUT2D eigenvalue weighted by Crippen LogP contribution is -2.39. The first-order valence-corrected chi connectivity index (χ1v) is 5.85. The zero-order valence-corrected chi connectivity index (χ0v) is 10.3. The lowest BCUT2D eigenvalue weighted by atomic mass is 10.1. The molecule has 1 rings (SSSR count). The number of hydrogen-bond acceptors (Lipinski definition) is 4. The quantitative estimate of drug-likeness (QED) is 0.579. The van der Waals surface area contributed by atoms with E-state index < -0.39 is 6.04 Å². The average Bonchev–Trinajstić information content (AvgIpc) is 2.36. The van der Waals surface area contributed by atoms with Crippen LogP contribution in [0, 0.1) is 0 Å². The van der Waals surface area contributed by atoms with E-state index in [-0.39, 0.29) is 5.97 Å². The van der Waals surface area contributed by atoms with E-state index >= 15 is 0 Å². The third kappa shape index (κ3) is 4.97. The molecule has 0 aromatic heterocycles. The molecule has 0 aliphatic carbocycles. The van der Waals surface area contributed by atoms with Gasteiger partial charge >= 0.3 is 5.97 Å². The highest BCUT2D eigenvalue weighted by Crippen LogP contribution is 2.04. The van der Waals surface area contributed by atoms with Gasteiger partial charge in [-0.3, -0.25) is 4.79 Å². The molecular weight excluding hydrogens is 218 g/mol. The fourth-order valence-corrected chi connectivity index (χ4v) is 1.45. The van der Waals surface area contributed by atoms with Crippen LogP contribution < -0.4 is 5.48 Å². The summed E-state index contributed by atoms with van der Waals surface area (Å²) in [5.74, 6) is -0.287. The fourth-order valence-electron chi connectivity index (χ4n) is 1.45. The van der Waals surface area contributed by atoms with Crippen molar-refractivity contribution in [2.45, 2.75) is 26.3 Å². The van der Waals surface area contributed by atoms with Crippen molar-refractivity contribution in [3.05, 3.63) is 35.9 Å². The van der Waals surface area contributed by atoms with Crippen LogP contribution in [0.4, 0.5) is 0 Å². The molecule has 4 nitrogen and oxygen atoms in total. The predicted octanol–water partition coefficient (Wildman–Crippen LogP) is 1.70. The smallest absolute Gasteiger partial charge is 0.325 e. The van der Waals surface area contributed by atoms with Crippen molar-refractivity contribution < 1.29 is 14.4 Å². The van der Waals surface area contributed by atoms with Crippen LogP contribution in [0.2, 0.25) is 0 Å². The molecule has 4 heteroatoms. The summed E-state index contributed by atoms with van der Waals surface area (Å²) in [5, 5.41) is 0. The molecule has 0 amide bonds. The highest BCUT2D eigenvalue weighted by molar-refractivity contribution is 5.76. The molecule has 0 aliphatic rings. The van der Waals surface area contributed by atoms with Crippen molar-refractivity contribution in [3.8, 4) is 0 Å². The zero-order valence-electron chi connectivity index (χ0n) is 10.3.